The minimum atomic E-state index is -0.980. The average molecular weight is 183 g/mol. The third-order valence-corrected chi connectivity index (χ3v) is 2.19. The predicted octanol–water partition coefficient (Wildman–Crippen LogP) is 1.08. The van der Waals surface area contributed by atoms with Gasteiger partial charge in [-0.2, -0.15) is 0 Å². The first-order valence-corrected chi connectivity index (χ1v) is 4.16. The van der Waals surface area contributed by atoms with Gasteiger partial charge in [0.25, 0.3) is 0 Å². The maximum Gasteiger partial charge on any atom is 0.352 e. The molecule has 1 aromatic rings. The molecule has 3 N–H and O–H groups in total. The number of aromatic carboxylic acids is 1. The van der Waals surface area contributed by atoms with Gasteiger partial charge >= 0.3 is 5.97 Å². The number of hydrogen-bond donors (Lipinski definition) is 3. The highest BCUT2D eigenvalue weighted by atomic mass is 16.4. The maximum atomic E-state index is 10.7. The lowest BCUT2D eigenvalue weighted by Crippen LogP contribution is -1.99. The van der Waals surface area contributed by atoms with E-state index in [2.05, 4.69) is 4.98 Å². The molecule has 0 aliphatic rings. The average Bonchev–Trinajstić information content (AvgIpc) is 2.41. The number of carboxylic acid groups (broad SMARTS) is 1. The number of carbonyl (C=O) groups is 1. The molecule has 0 aliphatic heterocycles. The van der Waals surface area contributed by atoms with E-state index in [-0.39, 0.29) is 12.3 Å². The quantitative estimate of drug-likeness (QED) is 0.656. The molecule has 1 heterocycles. The molecule has 0 saturated heterocycles. The summed E-state index contributed by atoms with van der Waals surface area (Å²) in [6, 6.07) is 0. The van der Waals surface area contributed by atoms with E-state index in [9.17, 15) is 4.79 Å². The SMILES string of the molecule is CCc1c(CO)[nH]c(C(=O)O)c1C. The van der Waals surface area contributed by atoms with Crippen LogP contribution in [0.3, 0.4) is 0 Å². The first kappa shape index (κ1) is 9.80. The lowest BCUT2D eigenvalue weighted by molar-refractivity contribution is 0.0690. The van der Waals surface area contributed by atoms with Gasteiger partial charge in [-0.1, -0.05) is 6.92 Å². The Morgan fingerprint density at radius 2 is 2.15 bits per heavy atom. The number of hydrogen-bond acceptors (Lipinski definition) is 2. The number of aromatic nitrogens is 1. The molecule has 0 radical (unpaired) electrons. The molecule has 1 aromatic heterocycles. The van der Waals surface area contributed by atoms with E-state index in [1.807, 2.05) is 6.92 Å². The van der Waals surface area contributed by atoms with Crippen LogP contribution in [0.25, 0.3) is 0 Å². The zero-order chi connectivity index (χ0) is 10.0. The van der Waals surface area contributed by atoms with Gasteiger partial charge in [0.1, 0.15) is 5.69 Å². The Morgan fingerprint density at radius 1 is 1.54 bits per heavy atom. The maximum absolute atomic E-state index is 10.7. The van der Waals surface area contributed by atoms with Gasteiger partial charge in [0.15, 0.2) is 0 Å². The van der Waals surface area contributed by atoms with Crippen LogP contribution >= 0.6 is 0 Å². The lowest BCUT2D eigenvalue weighted by atomic mass is 10.1. The Bertz CT molecular complexity index is 328. The molecule has 13 heavy (non-hydrogen) atoms. The zero-order valence-electron chi connectivity index (χ0n) is 7.72. The van der Waals surface area contributed by atoms with Crippen LogP contribution in [0, 0.1) is 6.92 Å². The van der Waals surface area contributed by atoms with Crippen LogP contribution in [0.1, 0.15) is 34.2 Å². The van der Waals surface area contributed by atoms with Crippen molar-refractivity contribution in [3.8, 4) is 0 Å². The van der Waals surface area contributed by atoms with Gasteiger partial charge in [0.2, 0.25) is 0 Å². The number of aliphatic hydroxyl groups is 1. The van der Waals surface area contributed by atoms with Crippen LogP contribution in [-0.2, 0) is 13.0 Å². The topological polar surface area (TPSA) is 73.3 Å². The van der Waals surface area contributed by atoms with E-state index in [1.54, 1.807) is 6.92 Å². The summed E-state index contributed by atoms with van der Waals surface area (Å²) in [6.45, 7) is 3.54. The van der Waals surface area contributed by atoms with Crippen molar-refractivity contribution in [1.82, 2.24) is 4.98 Å². The third kappa shape index (κ3) is 1.58. The van der Waals surface area contributed by atoms with Gasteiger partial charge in [-0.05, 0) is 24.5 Å². The van der Waals surface area contributed by atoms with E-state index in [4.69, 9.17) is 10.2 Å². The molecular formula is C9H13NO3. The standard InChI is InChI=1S/C9H13NO3/c1-3-6-5(2)8(9(12)13)10-7(6)4-11/h10-11H,3-4H2,1-2H3,(H,12,13). The highest BCUT2D eigenvalue weighted by Gasteiger charge is 2.16. The molecule has 0 amide bonds. The summed E-state index contributed by atoms with van der Waals surface area (Å²) < 4.78 is 0. The smallest absolute Gasteiger partial charge is 0.352 e. The van der Waals surface area contributed by atoms with Crippen LogP contribution in [0.5, 0.6) is 0 Å². The van der Waals surface area contributed by atoms with Crippen molar-refractivity contribution in [1.29, 1.82) is 0 Å². The van der Waals surface area contributed by atoms with Crippen molar-refractivity contribution in [3.05, 3.63) is 22.5 Å². The van der Waals surface area contributed by atoms with E-state index in [0.717, 1.165) is 17.5 Å². The third-order valence-electron chi connectivity index (χ3n) is 2.19. The van der Waals surface area contributed by atoms with Crippen LogP contribution in [0.4, 0.5) is 0 Å². The second-order valence-electron chi connectivity index (χ2n) is 2.90. The van der Waals surface area contributed by atoms with Crippen LogP contribution < -0.4 is 0 Å². The molecule has 0 aliphatic carbocycles. The monoisotopic (exact) mass is 183 g/mol. The highest BCUT2D eigenvalue weighted by Crippen LogP contribution is 2.18. The normalized spacial score (nSPS) is 10.4. The first-order valence-electron chi connectivity index (χ1n) is 4.16. The summed E-state index contributed by atoms with van der Waals surface area (Å²) in [5, 5.41) is 17.7. The van der Waals surface area contributed by atoms with Gasteiger partial charge in [0.05, 0.1) is 6.61 Å². The molecule has 0 fully saturated rings. The van der Waals surface area contributed by atoms with Gasteiger partial charge < -0.3 is 15.2 Å². The molecule has 0 saturated carbocycles. The molecule has 1 rings (SSSR count). The van der Waals surface area contributed by atoms with Gasteiger partial charge in [-0.25, -0.2) is 4.79 Å². The molecule has 0 unspecified atom stereocenters. The molecule has 0 atom stereocenters. The number of rotatable bonds is 3. The molecule has 4 heteroatoms. The largest absolute Gasteiger partial charge is 0.477 e. The minimum absolute atomic E-state index is 0.142. The molecule has 4 nitrogen and oxygen atoms in total. The van der Waals surface area contributed by atoms with Crippen LogP contribution in [0.15, 0.2) is 0 Å². The number of H-pyrrole nitrogens is 1. The van der Waals surface area contributed by atoms with Crippen molar-refractivity contribution in [2.24, 2.45) is 0 Å². The summed E-state index contributed by atoms with van der Waals surface area (Å²) >= 11 is 0. The Kier molecular flexibility index (Phi) is 2.72. The summed E-state index contributed by atoms with van der Waals surface area (Å²) in [5.41, 5.74) is 2.41. The van der Waals surface area contributed by atoms with Crippen LogP contribution in [0.2, 0.25) is 0 Å². The van der Waals surface area contributed by atoms with Crippen LogP contribution in [-0.4, -0.2) is 21.2 Å². The highest BCUT2D eigenvalue weighted by molar-refractivity contribution is 5.88. The summed E-state index contributed by atoms with van der Waals surface area (Å²) in [6.07, 6.45) is 0.728. The number of carboxylic acids is 1. The fraction of sp³-hybridized carbons (Fsp3) is 0.444. The predicted molar refractivity (Wildman–Crippen MR) is 47.8 cm³/mol. The zero-order valence-corrected chi connectivity index (χ0v) is 7.72. The Hall–Kier alpha value is -1.29. The number of nitrogens with one attached hydrogen (secondary N) is 1. The van der Waals surface area contributed by atoms with Crippen molar-refractivity contribution >= 4 is 5.97 Å². The summed E-state index contributed by atoms with van der Waals surface area (Å²) in [7, 11) is 0. The molecular weight excluding hydrogens is 170 g/mol. The van der Waals surface area contributed by atoms with Crippen molar-refractivity contribution in [2.45, 2.75) is 26.9 Å². The van der Waals surface area contributed by atoms with Crippen molar-refractivity contribution in [2.75, 3.05) is 0 Å². The lowest BCUT2D eigenvalue weighted by Gasteiger charge is -1.97. The van der Waals surface area contributed by atoms with E-state index >= 15 is 0 Å². The number of aromatic amines is 1. The molecule has 0 spiro atoms. The first-order chi connectivity index (χ1) is 6.11. The summed E-state index contributed by atoms with van der Waals surface area (Å²) in [5.74, 6) is -0.980. The van der Waals surface area contributed by atoms with E-state index in [0.29, 0.717) is 5.69 Å². The number of aliphatic hydroxyl groups excluding tert-OH is 1. The Balaban J connectivity index is 3.26. The second kappa shape index (κ2) is 3.62. The van der Waals surface area contributed by atoms with Gasteiger partial charge in [-0.15, -0.1) is 0 Å². The Morgan fingerprint density at radius 3 is 2.46 bits per heavy atom. The van der Waals surface area contributed by atoms with Gasteiger partial charge in [-0.3, -0.25) is 0 Å². The Labute approximate surface area is 76.2 Å². The van der Waals surface area contributed by atoms with Gasteiger partial charge in [0, 0.05) is 5.69 Å². The summed E-state index contributed by atoms with van der Waals surface area (Å²) in [4.78, 5) is 13.4. The van der Waals surface area contributed by atoms with E-state index < -0.39 is 5.97 Å². The fourth-order valence-electron chi connectivity index (χ4n) is 1.52. The molecule has 0 bridgehead atoms. The molecule has 72 valence electrons. The second-order valence-corrected chi connectivity index (χ2v) is 2.90. The van der Waals surface area contributed by atoms with Crippen molar-refractivity contribution in [3.63, 3.8) is 0 Å². The fourth-order valence-corrected chi connectivity index (χ4v) is 1.52. The molecule has 0 aromatic carbocycles. The van der Waals surface area contributed by atoms with Crippen molar-refractivity contribution < 1.29 is 15.0 Å². The minimum Gasteiger partial charge on any atom is -0.477 e. The van der Waals surface area contributed by atoms with E-state index in [1.165, 1.54) is 0 Å².